The van der Waals surface area contributed by atoms with Crippen LogP contribution in [0.25, 0.3) is 0 Å². The van der Waals surface area contributed by atoms with Crippen LogP contribution in [0, 0.1) is 0 Å². The van der Waals surface area contributed by atoms with Gasteiger partial charge in [0.2, 0.25) is 5.91 Å². The third kappa shape index (κ3) is 6.91. The molecule has 0 aliphatic carbocycles. The van der Waals surface area contributed by atoms with Crippen LogP contribution in [0.1, 0.15) is 40.7 Å². The van der Waals surface area contributed by atoms with Crippen molar-refractivity contribution in [2.45, 2.75) is 33.0 Å². The van der Waals surface area contributed by atoms with Gasteiger partial charge in [0.05, 0.1) is 19.9 Å². The molecule has 0 saturated heterocycles. The molecule has 2 aromatic heterocycles. The third-order valence-corrected chi connectivity index (χ3v) is 6.17. The second-order valence-corrected chi connectivity index (χ2v) is 8.92. The maximum absolute atomic E-state index is 13.7. The molecule has 0 atom stereocenters. The molecule has 7 heteroatoms. The van der Waals surface area contributed by atoms with E-state index in [9.17, 15) is 9.59 Å². The standard InChI is InChI=1S/C30H33N3O4/c1-3-16-32(30(35)28-15-9-18-37-28)23-29(34)33(20-24-10-5-4-6-11-24)22-26-13-8-17-31(26)21-25-12-7-14-27(19-25)36-2/h4-15,17-19H,3,16,20-23H2,1-2H3. The van der Waals surface area contributed by atoms with Gasteiger partial charge in [-0.25, -0.2) is 0 Å². The molecule has 4 rings (SSSR count). The molecule has 0 aliphatic heterocycles. The number of amides is 2. The van der Waals surface area contributed by atoms with Crippen molar-refractivity contribution in [1.29, 1.82) is 0 Å². The number of carbonyl (C=O) groups is 2. The van der Waals surface area contributed by atoms with Gasteiger partial charge in [-0.1, -0.05) is 49.4 Å². The van der Waals surface area contributed by atoms with Gasteiger partial charge in [-0.05, 0) is 53.9 Å². The van der Waals surface area contributed by atoms with E-state index >= 15 is 0 Å². The topological polar surface area (TPSA) is 67.9 Å². The van der Waals surface area contributed by atoms with Gasteiger partial charge in [0.1, 0.15) is 12.3 Å². The Hall–Kier alpha value is -4.26. The highest BCUT2D eigenvalue weighted by Crippen LogP contribution is 2.17. The molecule has 0 N–H and O–H groups in total. The van der Waals surface area contributed by atoms with Crippen LogP contribution in [-0.2, 0) is 24.4 Å². The van der Waals surface area contributed by atoms with E-state index in [1.807, 2.05) is 78.7 Å². The zero-order chi connectivity index (χ0) is 26.0. The molecule has 2 aromatic carbocycles. The predicted molar refractivity (Wildman–Crippen MR) is 142 cm³/mol. The van der Waals surface area contributed by atoms with Gasteiger partial charge in [-0.15, -0.1) is 0 Å². The highest BCUT2D eigenvalue weighted by Gasteiger charge is 2.24. The Labute approximate surface area is 217 Å². The maximum atomic E-state index is 13.7. The van der Waals surface area contributed by atoms with Crippen molar-refractivity contribution < 1.29 is 18.7 Å². The fourth-order valence-electron chi connectivity index (χ4n) is 4.29. The van der Waals surface area contributed by atoms with E-state index in [2.05, 4.69) is 10.6 Å². The third-order valence-electron chi connectivity index (χ3n) is 6.17. The number of ether oxygens (including phenoxy) is 1. The van der Waals surface area contributed by atoms with Crippen molar-refractivity contribution in [1.82, 2.24) is 14.4 Å². The van der Waals surface area contributed by atoms with E-state index in [0.29, 0.717) is 26.2 Å². The number of rotatable bonds is 12. The molecule has 0 spiro atoms. The molecule has 2 amide bonds. The molecule has 0 unspecified atom stereocenters. The Morgan fingerprint density at radius 3 is 2.43 bits per heavy atom. The Morgan fingerprint density at radius 2 is 1.70 bits per heavy atom. The van der Waals surface area contributed by atoms with Crippen molar-refractivity contribution in [2.24, 2.45) is 0 Å². The summed E-state index contributed by atoms with van der Waals surface area (Å²) >= 11 is 0. The highest BCUT2D eigenvalue weighted by molar-refractivity contribution is 5.94. The second-order valence-electron chi connectivity index (χ2n) is 8.92. The van der Waals surface area contributed by atoms with Crippen molar-refractivity contribution >= 4 is 11.8 Å². The number of hydrogen-bond donors (Lipinski definition) is 0. The molecule has 0 aliphatic rings. The summed E-state index contributed by atoms with van der Waals surface area (Å²) in [5.74, 6) is 0.653. The molecule has 4 aromatic rings. The minimum atomic E-state index is -0.277. The van der Waals surface area contributed by atoms with Crippen molar-refractivity contribution in [2.75, 3.05) is 20.2 Å². The molecular formula is C30H33N3O4. The van der Waals surface area contributed by atoms with Gasteiger partial charge in [-0.3, -0.25) is 9.59 Å². The Morgan fingerprint density at radius 1 is 0.892 bits per heavy atom. The van der Waals surface area contributed by atoms with Crippen LogP contribution in [-0.4, -0.2) is 46.4 Å². The lowest BCUT2D eigenvalue weighted by atomic mass is 10.2. The van der Waals surface area contributed by atoms with E-state index in [4.69, 9.17) is 9.15 Å². The van der Waals surface area contributed by atoms with Gasteiger partial charge in [-0.2, -0.15) is 0 Å². The minimum Gasteiger partial charge on any atom is -0.497 e. The Balaban J connectivity index is 1.55. The van der Waals surface area contributed by atoms with Gasteiger partial charge in [0.25, 0.3) is 5.91 Å². The molecule has 37 heavy (non-hydrogen) atoms. The summed E-state index contributed by atoms with van der Waals surface area (Å²) in [6.07, 6.45) is 4.23. The quantitative estimate of drug-likeness (QED) is 0.268. The van der Waals surface area contributed by atoms with E-state index in [1.54, 1.807) is 24.1 Å². The first-order valence-electron chi connectivity index (χ1n) is 12.5. The first-order valence-corrected chi connectivity index (χ1v) is 12.5. The molecular weight excluding hydrogens is 466 g/mol. The largest absolute Gasteiger partial charge is 0.497 e. The Kier molecular flexibility index (Phi) is 8.81. The summed E-state index contributed by atoms with van der Waals surface area (Å²) in [7, 11) is 1.66. The normalized spacial score (nSPS) is 10.8. The van der Waals surface area contributed by atoms with Gasteiger partial charge in [0.15, 0.2) is 5.76 Å². The maximum Gasteiger partial charge on any atom is 0.290 e. The average Bonchev–Trinajstić information content (AvgIpc) is 3.61. The Bertz CT molecular complexity index is 1280. The van der Waals surface area contributed by atoms with Crippen LogP contribution in [0.15, 0.2) is 95.7 Å². The van der Waals surface area contributed by atoms with Crippen LogP contribution in [0.2, 0.25) is 0 Å². The monoisotopic (exact) mass is 499 g/mol. The first kappa shape index (κ1) is 25.8. The second kappa shape index (κ2) is 12.6. The van der Waals surface area contributed by atoms with Crippen molar-refractivity contribution in [3.05, 3.63) is 114 Å². The molecule has 0 saturated carbocycles. The lowest BCUT2D eigenvalue weighted by Crippen LogP contribution is -2.43. The highest BCUT2D eigenvalue weighted by atomic mass is 16.5. The number of hydrogen-bond acceptors (Lipinski definition) is 4. The number of methoxy groups -OCH3 is 1. The molecule has 0 radical (unpaired) electrons. The fourth-order valence-corrected chi connectivity index (χ4v) is 4.29. The summed E-state index contributed by atoms with van der Waals surface area (Å²) < 4.78 is 12.8. The van der Waals surface area contributed by atoms with Crippen LogP contribution in [0.4, 0.5) is 0 Å². The van der Waals surface area contributed by atoms with Crippen LogP contribution >= 0.6 is 0 Å². The zero-order valence-corrected chi connectivity index (χ0v) is 21.4. The molecule has 0 bridgehead atoms. The van der Waals surface area contributed by atoms with E-state index in [1.165, 1.54) is 6.26 Å². The molecule has 192 valence electrons. The van der Waals surface area contributed by atoms with E-state index < -0.39 is 0 Å². The summed E-state index contributed by atoms with van der Waals surface area (Å²) in [6.45, 7) is 3.96. The van der Waals surface area contributed by atoms with Gasteiger partial charge in [0, 0.05) is 31.5 Å². The number of furan rings is 1. The van der Waals surface area contributed by atoms with Crippen molar-refractivity contribution in [3.8, 4) is 5.75 Å². The lowest BCUT2D eigenvalue weighted by molar-refractivity contribution is -0.133. The fraction of sp³-hybridized carbons (Fsp3) is 0.267. The summed E-state index contributed by atoms with van der Waals surface area (Å²) in [5, 5.41) is 0. The molecule has 0 fully saturated rings. The first-order chi connectivity index (χ1) is 18.1. The summed E-state index contributed by atoms with van der Waals surface area (Å²) in [4.78, 5) is 30.0. The molecule has 2 heterocycles. The number of nitrogens with zero attached hydrogens (tertiary/aromatic N) is 3. The van der Waals surface area contributed by atoms with Crippen LogP contribution in [0.3, 0.4) is 0 Å². The number of aromatic nitrogens is 1. The number of benzene rings is 2. The zero-order valence-electron chi connectivity index (χ0n) is 21.4. The van der Waals surface area contributed by atoms with Crippen molar-refractivity contribution in [3.63, 3.8) is 0 Å². The molecule has 7 nitrogen and oxygen atoms in total. The predicted octanol–water partition coefficient (Wildman–Crippen LogP) is 5.22. The van der Waals surface area contributed by atoms with Gasteiger partial charge >= 0.3 is 0 Å². The van der Waals surface area contributed by atoms with Crippen LogP contribution < -0.4 is 4.74 Å². The van der Waals surface area contributed by atoms with E-state index in [0.717, 1.165) is 29.0 Å². The van der Waals surface area contributed by atoms with Gasteiger partial charge < -0.3 is 23.5 Å². The summed E-state index contributed by atoms with van der Waals surface area (Å²) in [6, 6.07) is 25.2. The minimum absolute atomic E-state index is 0.0171. The van der Waals surface area contributed by atoms with Crippen LogP contribution in [0.5, 0.6) is 5.75 Å². The van der Waals surface area contributed by atoms with E-state index in [-0.39, 0.29) is 24.1 Å². The summed E-state index contributed by atoms with van der Waals surface area (Å²) in [5.41, 5.74) is 3.14. The smallest absolute Gasteiger partial charge is 0.290 e. The SMILES string of the molecule is CCCN(CC(=O)N(Cc1ccccc1)Cc1cccn1Cc1cccc(OC)c1)C(=O)c1ccco1. The average molecular weight is 500 g/mol. The number of carbonyl (C=O) groups excluding carboxylic acids is 2. The lowest BCUT2D eigenvalue weighted by Gasteiger charge is -2.28.